The van der Waals surface area contributed by atoms with Crippen LogP contribution in [0.2, 0.25) is 0 Å². The van der Waals surface area contributed by atoms with Crippen LogP contribution in [0.4, 0.5) is 0 Å². The molecular formula is C10H19N3. The van der Waals surface area contributed by atoms with E-state index in [-0.39, 0.29) is 0 Å². The van der Waals surface area contributed by atoms with Crippen molar-refractivity contribution in [1.29, 1.82) is 0 Å². The van der Waals surface area contributed by atoms with Crippen LogP contribution in [-0.4, -0.2) is 22.4 Å². The predicted molar refractivity (Wildman–Crippen MR) is 54.8 cm³/mol. The molecule has 13 heavy (non-hydrogen) atoms. The third kappa shape index (κ3) is 2.31. The zero-order valence-corrected chi connectivity index (χ0v) is 8.91. The Morgan fingerprint density at radius 2 is 2.23 bits per heavy atom. The minimum absolute atomic E-state index is 0.500. The molecule has 0 amide bonds. The number of rotatable bonds is 4. The Kier molecular flexibility index (Phi) is 3.48. The highest BCUT2D eigenvalue weighted by atomic mass is 15.3. The third-order valence-corrected chi connectivity index (χ3v) is 2.60. The van der Waals surface area contributed by atoms with Crippen molar-refractivity contribution in [2.45, 2.75) is 32.7 Å². The second kappa shape index (κ2) is 4.42. The van der Waals surface area contributed by atoms with Crippen LogP contribution in [0.5, 0.6) is 0 Å². The van der Waals surface area contributed by atoms with Crippen LogP contribution in [0, 0.1) is 0 Å². The Morgan fingerprint density at radius 3 is 2.69 bits per heavy atom. The molecule has 1 aromatic heterocycles. The van der Waals surface area contributed by atoms with E-state index in [9.17, 15) is 0 Å². The fourth-order valence-corrected chi connectivity index (χ4v) is 1.59. The van der Waals surface area contributed by atoms with Gasteiger partial charge >= 0.3 is 0 Å². The summed E-state index contributed by atoms with van der Waals surface area (Å²) < 4.78 is 1.94. The lowest BCUT2D eigenvalue weighted by Crippen LogP contribution is -2.31. The van der Waals surface area contributed by atoms with Crippen LogP contribution in [0.3, 0.4) is 0 Å². The number of hydrogen-bond donors (Lipinski definition) is 1. The van der Waals surface area contributed by atoms with Crippen LogP contribution in [-0.2, 0) is 7.05 Å². The van der Waals surface area contributed by atoms with Gasteiger partial charge in [0, 0.05) is 30.9 Å². The Balaban J connectivity index is 2.67. The lowest BCUT2D eigenvalue weighted by Gasteiger charge is -2.20. The molecule has 2 atom stereocenters. The standard InChI is InChI=1S/C10H19N3/c1-5-11-9(3)8(2)10-6-7-12-13(10)4/h6-9,11H,5H2,1-4H3. The van der Waals surface area contributed by atoms with Crippen LogP contribution < -0.4 is 5.32 Å². The summed E-state index contributed by atoms with van der Waals surface area (Å²) in [6.07, 6.45) is 1.85. The maximum absolute atomic E-state index is 4.17. The van der Waals surface area contributed by atoms with Gasteiger partial charge in [-0.3, -0.25) is 4.68 Å². The summed E-state index contributed by atoms with van der Waals surface area (Å²) in [5, 5.41) is 7.59. The molecule has 0 aliphatic heterocycles. The Hall–Kier alpha value is -0.830. The van der Waals surface area contributed by atoms with E-state index >= 15 is 0 Å². The van der Waals surface area contributed by atoms with Crippen molar-refractivity contribution < 1.29 is 0 Å². The summed E-state index contributed by atoms with van der Waals surface area (Å²) in [4.78, 5) is 0. The van der Waals surface area contributed by atoms with Crippen molar-refractivity contribution in [3.63, 3.8) is 0 Å². The highest BCUT2D eigenvalue weighted by Gasteiger charge is 2.15. The number of nitrogens with one attached hydrogen (secondary N) is 1. The van der Waals surface area contributed by atoms with E-state index in [1.165, 1.54) is 5.69 Å². The topological polar surface area (TPSA) is 29.9 Å². The van der Waals surface area contributed by atoms with Gasteiger partial charge < -0.3 is 5.32 Å². The molecule has 0 bridgehead atoms. The third-order valence-electron chi connectivity index (χ3n) is 2.60. The van der Waals surface area contributed by atoms with Crippen molar-refractivity contribution in [3.8, 4) is 0 Å². The van der Waals surface area contributed by atoms with Gasteiger partial charge in [-0.1, -0.05) is 13.8 Å². The summed E-state index contributed by atoms with van der Waals surface area (Å²) in [5.74, 6) is 0.507. The summed E-state index contributed by atoms with van der Waals surface area (Å²) >= 11 is 0. The van der Waals surface area contributed by atoms with Gasteiger partial charge in [0.05, 0.1) is 0 Å². The van der Waals surface area contributed by atoms with Crippen molar-refractivity contribution in [2.24, 2.45) is 7.05 Å². The van der Waals surface area contributed by atoms with E-state index in [1.54, 1.807) is 0 Å². The molecule has 1 rings (SSSR count). The van der Waals surface area contributed by atoms with Gasteiger partial charge in [0.2, 0.25) is 0 Å². The smallest absolute Gasteiger partial charge is 0.0492 e. The van der Waals surface area contributed by atoms with E-state index < -0.39 is 0 Å². The maximum Gasteiger partial charge on any atom is 0.0492 e. The number of likely N-dealkylation sites (N-methyl/N-ethyl adjacent to an activating group) is 1. The maximum atomic E-state index is 4.17. The van der Waals surface area contributed by atoms with Crippen LogP contribution in [0.1, 0.15) is 32.4 Å². The first kappa shape index (κ1) is 10.3. The zero-order valence-electron chi connectivity index (χ0n) is 8.91. The predicted octanol–water partition coefficient (Wildman–Crippen LogP) is 1.52. The summed E-state index contributed by atoms with van der Waals surface area (Å²) in [7, 11) is 1.99. The van der Waals surface area contributed by atoms with Gasteiger partial charge in [0.1, 0.15) is 0 Å². The highest BCUT2D eigenvalue weighted by molar-refractivity contribution is 5.08. The first-order valence-electron chi connectivity index (χ1n) is 4.88. The number of aromatic nitrogens is 2. The quantitative estimate of drug-likeness (QED) is 0.763. The Labute approximate surface area is 80.1 Å². The monoisotopic (exact) mass is 181 g/mol. The fourth-order valence-electron chi connectivity index (χ4n) is 1.59. The molecule has 0 aliphatic carbocycles. The largest absolute Gasteiger partial charge is 0.314 e. The molecular weight excluding hydrogens is 162 g/mol. The minimum atomic E-state index is 0.500. The minimum Gasteiger partial charge on any atom is -0.314 e. The molecule has 2 unspecified atom stereocenters. The first-order valence-corrected chi connectivity index (χ1v) is 4.88. The van der Waals surface area contributed by atoms with Gasteiger partial charge in [0.25, 0.3) is 0 Å². The van der Waals surface area contributed by atoms with Crippen molar-refractivity contribution >= 4 is 0 Å². The van der Waals surface area contributed by atoms with E-state index in [2.05, 4.69) is 37.3 Å². The highest BCUT2D eigenvalue weighted by Crippen LogP contribution is 2.17. The van der Waals surface area contributed by atoms with Gasteiger partial charge in [-0.2, -0.15) is 5.10 Å². The van der Waals surface area contributed by atoms with Gasteiger partial charge in [0.15, 0.2) is 0 Å². The second-order valence-electron chi connectivity index (χ2n) is 3.51. The van der Waals surface area contributed by atoms with Crippen LogP contribution in [0.25, 0.3) is 0 Å². The molecule has 0 spiro atoms. The van der Waals surface area contributed by atoms with Gasteiger partial charge in [-0.05, 0) is 19.5 Å². The molecule has 0 aromatic carbocycles. The summed E-state index contributed by atoms with van der Waals surface area (Å²) in [6.45, 7) is 7.58. The molecule has 1 N–H and O–H groups in total. The van der Waals surface area contributed by atoms with E-state index in [1.807, 2.05) is 17.9 Å². The Bertz CT molecular complexity index is 254. The normalized spacial score (nSPS) is 15.7. The second-order valence-corrected chi connectivity index (χ2v) is 3.51. The molecule has 0 aliphatic rings. The number of hydrogen-bond acceptors (Lipinski definition) is 2. The average molecular weight is 181 g/mol. The van der Waals surface area contributed by atoms with Crippen molar-refractivity contribution in [2.75, 3.05) is 6.54 Å². The molecule has 3 heteroatoms. The van der Waals surface area contributed by atoms with Crippen LogP contribution >= 0.6 is 0 Å². The number of aryl methyl sites for hydroxylation is 1. The lowest BCUT2D eigenvalue weighted by atomic mass is 10.00. The zero-order chi connectivity index (χ0) is 9.84. The number of nitrogens with zero attached hydrogens (tertiary/aromatic N) is 2. The first-order chi connectivity index (χ1) is 6.16. The van der Waals surface area contributed by atoms with E-state index in [0.717, 1.165) is 6.54 Å². The fraction of sp³-hybridized carbons (Fsp3) is 0.700. The average Bonchev–Trinajstić information content (AvgIpc) is 2.50. The summed E-state index contributed by atoms with van der Waals surface area (Å²) in [6, 6.07) is 2.58. The lowest BCUT2D eigenvalue weighted by molar-refractivity contribution is 0.472. The molecule has 0 saturated heterocycles. The van der Waals surface area contributed by atoms with E-state index in [0.29, 0.717) is 12.0 Å². The van der Waals surface area contributed by atoms with Crippen molar-refractivity contribution in [3.05, 3.63) is 18.0 Å². The molecule has 74 valence electrons. The molecule has 0 saturated carbocycles. The van der Waals surface area contributed by atoms with E-state index in [4.69, 9.17) is 0 Å². The molecule has 0 radical (unpaired) electrons. The Morgan fingerprint density at radius 1 is 1.54 bits per heavy atom. The molecule has 0 fully saturated rings. The summed E-state index contributed by atoms with van der Waals surface area (Å²) in [5.41, 5.74) is 1.29. The van der Waals surface area contributed by atoms with Crippen molar-refractivity contribution in [1.82, 2.24) is 15.1 Å². The molecule has 3 nitrogen and oxygen atoms in total. The van der Waals surface area contributed by atoms with Gasteiger partial charge in [-0.15, -0.1) is 0 Å². The SMILES string of the molecule is CCNC(C)C(C)c1ccnn1C. The molecule has 1 aromatic rings. The molecule has 1 heterocycles. The van der Waals surface area contributed by atoms with Crippen LogP contribution in [0.15, 0.2) is 12.3 Å². The van der Waals surface area contributed by atoms with Gasteiger partial charge in [-0.25, -0.2) is 0 Å².